The largest absolute Gasteiger partial charge is 0.384 e. The molecule has 3 N–H and O–H groups in total. The van der Waals surface area contributed by atoms with E-state index in [4.69, 9.17) is 5.73 Å². The number of nitrogens with two attached hydrogens (primary N) is 1. The Morgan fingerprint density at radius 3 is 2.57 bits per heavy atom. The van der Waals surface area contributed by atoms with Crippen molar-refractivity contribution in [3.05, 3.63) is 71.8 Å². The zero-order valence-corrected chi connectivity index (χ0v) is 21.6. The first kappa shape index (κ1) is 25.9. The van der Waals surface area contributed by atoms with Gasteiger partial charge in [-0.2, -0.15) is 0 Å². The van der Waals surface area contributed by atoms with Gasteiger partial charge in [-0.05, 0) is 43.0 Å². The van der Waals surface area contributed by atoms with Crippen molar-refractivity contribution in [1.82, 2.24) is 24.8 Å². The van der Waals surface area contributed by atoms with Crippen molar-refractivity contribution < 1.29 is 14.4 Å². The Hall–Kier alpha value is -4.21. The van der Waals surface area contributed by atoms with Gasteiger partial charge in [0.15, 0.2) is 5.82 Å². The van der Waals surface area contributed by atoms with Crippen LogP contribution >= 0.6 is 0 Å². The summed E-state index contributed by atoms with van der Waals surface area (Å²) in [6.45, 7) is 3.85. The molecular formula is C27H33N7O3. The lowest BCUT2D eigenvalue weighted by Crippen LogP contribution is -2.70. The van der Waals surface area contributed by atoms with Crippen LogP contribution in [0.2, 0.25) is 0 Å². The average molecular weight is 504 g/mol. The number of pyridine rings is 1. The lowest BCUT2D eigenvalue weighted by molar-refractivity contribution is -0.156. The van der Waals surface area contributed by atoms with E-state index >= 15 is 0 Å². The molecule has 10 nitrogen and oxygen atoms in total. The fraction of sp³-hybridized carbons (Fsp3) is 0.370. The SMILES string of the molecule is CCC[C@@H](NC(=O)N1C(=O)[C@H](Cc2cc(C)nc(N)c2)[C@H]1C(=O)N(C)c1cn(C)cn1)c1ccccc1. The fourth-order valence-corrected chi connectivity index (χ4v) is 4.79. The number of imide groups is 1. The Bertz CT molecular complexity index is 1270. The molecule has 37 heavy (non-hydrogen) atoms. The molecule has 1 aliphatic heterocycles. The summed E-state index contributed by atoms with van der Waals surface area (Å²) in [5.41, 5.74) is 8.36. The summed E-state index contributed by atoms with van der Waals surface area (Å²) < 4.78 is 1.73. The summed E-state index contributed by atoms with van der Waals surface area (Å²) in [5.74, 6) is -0.726. The summed E-state index contributed by atoms with van der Waals surface area (Å²) >= 11 is 0. The van der Waals surface area contributed by atoms with Crippen molar-refractivity contribution in [1.29, 1.82) is 0 Å². The van der Waals surface area contributed by atoms with Crippen molar-refractivity contribution in [2.75, 3.05) is 17.7 Å². The quantitative estimate of drug-likeness (QED) is 0.455. The monoisotopic (exact) mass is 503 g/mol. The first-order valence-corrected chi connectivity index (χ1v) is 12.4. The van der Waals surface area contributed by atoms with E-state index in [9.17, 15) is 14.4 Å². The highest BCUT2D eigenvalue weighted by molar-refractivity contribution is 6.12. The summed E-state index contributed by atoms with van der Waals surface area (Å²) in [7, 11) is 3.40. The number of likely N-dealkylation sites (N-methyl/N-ethyl adjacent to an activating group) is 1. The van der Waals surface area contributed by atoms with Crippen molar-refractivity contribution in [2.45, 2.75) is 45.2 Å². The topological polar surface area (TPSA) is 126 Å². The van der Waals surface area contributed by atoms with E-state index in [1.807, 2.05) is 50.2 Å². The van der Waals surface area contributed by atoms with Gasteiger partial charge < -0.3 is 15.6 Å². The number of hydrogen-bond donors (Lipinski definition) is 2. The highest BCUT2D eigenvalue weighted by Crippen LogP contribution is 2.33. The highest BCUT2D eigenvalue weighted by Gasteiger charge is 2.55. The highest BCUT2D eigenvalue weighted by atomic mass is 16.2. The number of anilines is 2. The second kappa shape index (κ2) is 10.8. The van der Waals surface area contributed by atoms with Gasteiger partial charge in [0.1, 0.15) is 11.9 Å². The number of urea groups is 1. The first-order chi connectivity index (χ1) is 17.7. The first-order valence-electron chi connectivity index (χ1n) is 12.4. The molecule has 0 unspecified atom stereocenters. The zero-order chi connectivity index (χ0) is 26.7. The number of nitrogen functional groups attached to an aromatic ring is 1. The third kappa shape index (κ3) is 5.47. The number of rotatable bonds is 8. The van der Waals surface area contributed by atoms with Gasteiger partial charge in [0.05, 0.1) is 18.3 Å². The fourth-order valence-electron chi connectivity index (χ4n) is 4.79. The van der Waals surface area contributed by atoms with Gasteiger partial charge >= 0.3 is 6.03 Å². The molecule has 0 bridgehead atoms. The van der Waals surface area contributed by atoms with Crippen LogP contribution in [0, 0.1) is 12.8 Å². The molecule has 3 aromatic rings. The van der Waals surface area contributed by atoms with Gasteiger partial charge in [0.25, 0.3) is 5.91 Å². The lowest BCUT2D eigenvalue weighted by Gasteiger charge is -2.45. The Morgan fingerprint density at radius 1 is 1.22 bits per heavy atom. The van der Waals surface area contributed by atoms with E-state index in [0.29, 0.717) is 18.1 Å². The Kier molecular flexibility index (Phi) is 7.56. The molecule has 194 valence electrons. The normalized spacial score (nSPS) is 17.7. The van der Waals surface area contributed by atoms with Crippen LogP contribution in [0.25, 0.3) is 0 Å². The summed E-state index contributed by atoms with van der Waals surface area (Å²) in [4.78, 5) is 51.4. The number of nitrogens with one attached hydrogen (secondary N) is 1. The number of hydrogen-bond acceptors (Lipinski definition) is 6. The zero-order valence-electron chi connectivity index (χ0n) is 21.6. The van der Waals surface area contributed by atoms with Gasteiger partial charge in [0.2, 0.25) is 5.91 Å². The summed E-state index contributed by atoms with van der Waals surface area (Å²) in [6, 6.07) is 11.3. The molecule has 10 heteroatoms. The van der Waals surface area contributed by atoms with E-state index < -0.39 is 23.9 Å². The number of carbonyl (C=O) groups is 3. The second-order valence-corrected chi connectivity index (χ2v) is 9.50. The number of imidazole rings is 1. The number of likely N-dealkylation sites (tertiary alicyclic amines) is 1. The maximum absolute atomic E-state index is 13.7. The number of aromatic nitrogens is 3. The van der Waals surface area contributed by atoms with Crippen molar-refractivity contribution in [2.24, 2.45) is 13.0 Å². The van der Waals surface area contributed by atoms with Gasteiger partial charge in [-0.1, -0.05) is 43.7 Å². The molecule has 0 radical (unpaired) electrons. The Balaban J connectivity index is 1.61. The minimum Gasteiger partial charge on any atom is -0.384 e. The number of β-lactam (4-membered cyclic amide) rings is 1. The van der Waals surface area contributed by atoms with Gasteiger partial charge in [-0.15, -0.1) is 0 Å². The smallest absolute Gasteiger partial charge is 0.325 e. The molecule has 1 aliphatic rings. The van der Waals surface area contributed by atoms with Crippen LogP contribution in [0.5, 0.6) is 0 Å². The predicted octanol–water partition coefficient (Wildman–Crippen LogP) is 2.99. The van der Waals surface area contributed by atoms with E-state index in [0.717, 1.165) is 28.1 Å². The minimum absolute atomic E-state index is 0.264. The van der Waals surface area contributed by atoms with Crippen molar-refractivity contribution >= 4 is 29.5 Å². The number of aryl methyl sites for hydroxylation is 2. The minimum atomic E-state index is -0.979. The molecule has 4 amide bonds. The molecule has 3 atom stereocenters. The van der Waals surface area contributed by atoms with Gasteiger partial charge in [0, 0.05) is 26.0 Å². The van der Waals surface area contributed by atoms with E-state index in [-0.39, 0.29) is 18.4 Å². The van der Waals surface area contributed by atoms with Crippen molar-refractivity contribution in [3.8, 4) is 0 Å². The van der Waals surface area contributed by atoms with Crippen LogP contribution in [0.1, 0.15) is 42.6 Å². The van der Waals surface area contributed by atoms with E-state index in [2.05, 4.69) is 15.3 Å². The van der Waals surface area contributed by atoms with Crippen LogP contribution < -0.4 is 16.0 Å². The molecule has 4 rings (SSSR count). The number of benzene rings is 1. The number of nitrogens with zero attached hydrogens (tertiary/aromatic N) is 5. The lowest BCUT2D eigenvalue weighted by atomic mass is 9.81. The third-order valence-electron chi connectivity index (χ3n) is 6.62. The van der Waals surface area contributed by atoms with Crippen LogP contribution in [-0.2, 0) is 23.1 Å². The van der Waals surface area contributed by atoms with Crippen LogP contribution in [0.4, 0.5) is 16.4 Å². The van der Waals surface area contributed by atoms with Crippen LogP contribution in [0.3, 0.4) is 0 Å². The third-order valence-corrected chi connectivity index (χ3v) is 6.62. The molecule has 1 fully saturated rings. The summed E-state index contributed by atoms with van der Waals surface area (Å²) in [6.07, 6.45) is 5.09. The molecule has 1 aromatic carbocycles. The molecule has 1 saturated heterocycles. The van der Waals surface area contributed by atoms with Gasteiger partial charge in [-0.25, -0.2) is 14.8 Å². The molecule has 0 aliphatic carbocycles. The van der Waals surface area contributed by atoms with Crippen molar-refractivity contribution in [3.63, 3.8) is 0 Å². The van der Waals surface area contributed by atoms with E-state index in [1.165, 1.54) is 4.90 Å². The Labute approximate surface area is 216 Å². The maximum Gasteiger partial charge on any atom is 0.325 e. The van der Waals surface area contributed by atoms with Crippen LogP contribution in [-0.4, -0.2) is 50.4 Å². The summed E-state index contributed by atoms with van der Waals surface area (Å²) in [5, 5.41) is 2.98. The van der Waals surface area contributed by atoms with Crippen LogP contribution in [0.15, 0.2) is 55.0 Å². The molecule has 2 aromatic heterocycles. The number of amides is 4. The van der Waals surface area contributed by atoms with Gasteiger partial charge in [-0.3, -0.25) is 19.4 Å². The molecule has 3 heterocycles. The molecule has 0 saturated carbocycles. The standard InChI is InChI=1S/C27H33N7O3/c1-5-9-21(19-10-7-6-8-11-19)31-27(37)34-24(26(36)33(4)23-15-32(3)16-29-23)20(25(34)35)13-18-12-17(2)30-22(28)14-18/h6-8,10-12,14-16,20-21,24H,5,9,13H2,1-4H3,(H2,28,30)(H,31,37)/t20-,21-,24+/m1/s1. The Morgan fingerprint density at radius 2 is 1.95 bits per heavy atom. The number of carbonyl (C=O) groups excluding carboxylic acids is 3. The van der Waals surface area contributed by atoms with E-state index in [1.54, 1.807) is 37.3 Å². The second-order valence-electron chi connectivity index (χ2n) is 9.50. The molecular weight excluding hydrogens is 470 g/mol. The average Bonchev–Trinajstić information content (AvgIpc) is 3.30. The maximum atomic E-state index is 13.7. The predicted molar refractivity (Wildman–Crippen MR) is 140 cm³/mol. The molecule has 0 spiro atoms.